The molecule has 0 saturated heterocycles. The van der Waals surface area contributed by atoms with Crippen molar-refractivity contribution in [1.29, 1.82) is 0 Å². The molecule has 6 heteroatoms. The highest BCUT2D eigenvalue weighted by Crippen LogP contribution is 2.33. The molecule has 0 saturated carbocycles. The SMILES string of the molecule is COc1cc(CN(CC(N)=O)C(C)C)c(OC)cc1Br. The average molecular weight is 345 g/mol. The van der Waals surface area contributed by atoms with E-state index in [2.05, 4.69) is 15.9 Å². The minimum Gasteiger partial charge on any atom is -0.496 e. The van der Waals surface area contributed by atoms with E-state index >= 15 is 0 Å². The lowest BCUT2D eigenvalue weighted by Gasteiger charge is -2.26. The predicted octanol–water partition coefficient (Wildman–Crippen LogP) is 2.16. The summed E-state index contributed by atoms with van der Waals surface area (Å²) in [6.07, 6.45) is 0. The van der Waals surface area contributed by atoms with Crippen molar-refractivity contribution in [1.82, 2.24) is 4.90 Å². The number of carbonyl (C=O) groups excluding carboxylic acids is 1. The maximum Gasteiger partial charge on any atom is 0.231 e. The molecule has 1 aromatic rings. The van der Waals surface area contributed by atoms with Gasteiger partial charge in [0.05, 0.1) is 25.2 Å². The molecule has 0 bridgehead atoms. The molecule has 0 aromatic heterocycles. The first kappa shape index (κ1) is 16.8. The summed E-state index contributed by atoms with van der Waals surface area (Å²) < 4.78 is 11.5. The zero-order valence-corrected chi connectivity index (χ0v) is 13.9. The number of carbonyl (C=O) groups is 1. The summed E-state index contributed by atoms with van der Waals surface area (Å²) in [5, 5.41) is 0. The van der Waals surface area contributed by atoms with Crippen LogP contribution in [0.3, 0.4) is 0 Å². The lowest BCUT2D eigenvalue weighted by Crippen LogP contribution is -2.38. The van der Waals surface area contributed by atoms with Gasteiger partial charge in [-0.05, 0) is 41.9 Å². The van der Waals surface area contributed by atoms with Crippen LogP contribution < -0.4 is 15.2 Å². The molecule has 0 radical (unpaired) electrons. The van der Waals surface area contributed by atoms with E-state index in [4.69, 9.17) is 15.2 Å². The van der Waals surface area contributed by atoms with Crippen molar-refractivity contribution in [3.8, 4) is 11.5 Å². The van der Waals surface area contributed by atoms with Gasteiger partial charge in [0.15, 0.2) is 0 Å². The van der Waals surface area contributed by atoms with Gasteiger partial charge in [0.25, 0.3) is 0 Å². The quantitative estimate of drug-likeness (QED) is 0.823. The summed E-state index contributed by atoms with van der Waals surface area (Å²) >= 11 is 3.43. The third-order valence-corrected chi connectivity index (χ3v) is 3.64. The van der Waals surface area contributed by atoms with Gasteiger partial charge in [-0.15, -0.1) is 0 Å². The summed E-state index contributed by atoms with van der Waals surface area (Å²) in [5.41, 5.74) is 6.24. The Hall–Kier alpha value is -1.27. The lowest BCUT2D eigenvalue weighted by atomic mass is 10.1. The number of primary amides is 1. The van der Waals surface area contributed by atoms with Crippen molar-refractivity contribution in [3.05, 3.63) is 22.2 Å². The van der Waals surface area contributed by atoms with Crippen LogP contribution in [0.15, 0.2) is 16.6 Å². The van der Waals surface area contributed by atoms with Crippen molar-refractivity contribution in [3.63, 3.8) is 0 Å². The summed E-state index contributed by atoms with van der Waals surface area (Å²) in [6.45, 7) is 4.81. The van der Waals surface area contributed by atoms with Crippen molar-refractivity contribution in [2.45, 2.75) is 26.4 Å². The van der Waals surface area contributed by atoms with Crippen molar-refractivity contribution in [2.24, 2.45) is 5.73 Å². The normalized spacial score (nSPS) is 10.9. The van der Waals surface area contributed by atoms with E-state index in [0.717, 1.165) is 21.5 Å². The van der Waals surface area contributed by atoms with Gasteiger partial charge in [-0.3, -0.25) is 9.69 Å². The zero-order chi connectivity index (χ0) is 15.3. The predicted molar refractivity (Wildman–Crippen MR) is 82.0 cm³/mol. The molecule has 1 amide bonds. The van der Waals surface area contributed by atoms with Crippen LogP contribution in [-0.4, -0.2) is 37.6 Å². The van der Waals surface area contributed by atoms with Gasteiger partial charge in [0.2, 0.25) is 5.91 Å². The molecule has 1 rings (SSSR count). The Labute approximate surface area is 128 Å². The van der Waals surface area contributed by atoms with Gasteiger partial charge >= 0.3 is 0 Å². The second-order valence-corrected chi connectivity index (χ2v) is 5.62. The number of benzene rings is 1. The largest absolute Gasteiger partial charge is 0.496 e. The minimum atomic E-state index is -0.346. The van der Waals surface area contributed by atoms with E-state index in [1.54, 1.807) is 14.2 Å². The van der Waals surface area contributed by atoms with Crippen LogP contribution in [0.25, 0.3) is 0 Å². The molecule has 0 spiro atoms. The van der Waals surface area contributed by atoms with E-state index < -0.39 is 0 Å². The van der Waals surface area contributed by atoms with E-state index in [9.17, 15) is 4.79 Å². The van der Waals surface area contributed by atoms with Gasteiger partial charge < -0.3 is 15.2 Å². The Balaban J connectivity index is 3.07. The summed E-state index contributed by atoms with van der Waals surface area (Å²) in [6, 6.07) is 3.96. The van der Waals surface area contributed by atoms with Gasteiger partial charge in [0.1, 0.15) is 11.5 Å². The molecule has 0 unspecified atom stereocenters. The number of ether oxygens (including phenoxy) is 2. The van der Waals surface area contributed by atoms with Crippen molar-refractivity contribution in [2.75, 3.05) is 20.8 Å². The fraction of sp³-hybridized carbons (Fsp3) is 0.500. The van der Waals surface area contributed by atoms with Crippen LogP contribution in [0, 0.1) is 0 Å². The molecule has 5 nitrogen and oxygen atoms in total. The molecule has 0 aliphatic carbocycles. The first-order valence-electron chi connectivity index (χ1n) is 6.31. The fourth-order valence-electron chi connectivity index (χ4n) is 1.89. The van der Waals surface area contributed by atoms with Crippen LogP contribution in [0.4, 0.5) is 0 Å². The van der Waals surface area contributed by atoms with Gasteiger partial charge in [-0.2, -0.15) is 0 Å². The minimum absolute atomic E-state index is 0.196. The monoisotopic (exact) mass is 344 g/mol. The van der Waals surface area contributed by atoms with E-state index in [1.165, 1.54) is 0 Å². The third-order valence-electron chi connectivity index (χ3n) is 3.02. The Morgan fingerprint density at radius 3 is 2.35 bits per heavy atom. The molecule has 2 N–H and O–H groups in total. The van der Waals surface area contributed by atoms with Gasteiger partial charge in [-0.1, -0.05) is 0 Å². The summed E-state index contributed by atoms with van der Waals surface area (Å²) in [4.78, 5) is 13.1. The lowest BCUT2D eigenvalue weighted by molar-refractivity contribution is -0.119. The molecule has 0 heterocycles. The van der Waals surface area contributed by atoms with E-state index in [-0.39, 0.29) is 18.5 Å². The molecule has 0 aliphatic rings. The molecular formula is C14H21BrN2O3. The maximum absolute atomic E-state index is 11.2. The van der Waals surface area contributed by atoms with Crippen LogP contribution in [-0.2, 0) is 11.3 Å². The fourth-order valence-corrected chi connectivity index (χ4v) is 2.37. The third kappa shape index (κ3) is 4.38. The van der Waals surface area contributed by atoms with Crippen LogP contribution in [0.1, 0.15) is 19.4 Å². The topological polar surface area (TPSA) is 64.8 Å². The number of rotatable bonds is 7. The molecule has 0 fully saturated rings. The number of hydrogen-bond donors (Lipinski definition) is 1. The zero-order valence-electron chi connectivity index (χ0n) is 12.3. The van der Waals surface area contributed by atoms with Crippen LogP contribution in [0.5, 0.6) is 11.5 Å². The molecule has 0 aliphatic heterocycles. The Morgan fingerprint density at radius 1 is 1.30 bits per heavy atom. The Morgan fingerprint density at radius 2 is 1.90 bits per heavy atom. The highest BCUT2D eigenvalue weighted by atomic mass is 79.9. The van der Waals surface area contributed by atoms with E-state index in [1.807, 2.05) is 30.9 Å². The Bertz CT molecular complexity index is 478. The van der Waals surface area contributed by atoms with Crippen LogP contribution >= 0.6 is 15.9 Å². The number of hydrogen-bond acceptors (Lipinski definition) is 4. The van der Waals surface area contributed by atoms with Crippen molar-refractivity contribution >= 4 is 21.8 Å². The average Bonchev–Trinajstić information content (AvgIpc) is 2.38. The van der Waals surface area contributed by atoms with E-state index in [0.29, 0.717) is 6.54 Å². The first-order chi connectivity index (χ1) is 9.38. The second kappa shape index (κ2) is 7.50. The Kier molecular flexibility index (Phi) is 6.29. The first-order valence-corrected chi connectivity index (χ1v) is 7.11. The number of nitrogens with two attached hydrogens (primary N) is 1. The molecule has 0 atom stereocenters. The smallest absolute Gasteiger partial charge is 0.231 e. The molecule has 1 aromatic carbocycles. The number of amides is 1. The maximum atomic E-state index is 11.2. The summed E-state index contributed by atoms with van der Waals surface area (Å²) in [5.74, 6) is 1.12. The number of methoxy groups -OCH3 is 2. The molecule has 20 heavy (non-hydrogen) atoms. The molecule has 112 valence electrons. The standard InChI is InChI=1S/C14H21BrN2O3/c1-9(2)17(8-14(16)18)7-10-5-13(20-4)11(15)6-12(10)19-3/h5-6,9H,7-8H2,1-4H3,(H2,16,18). The van der Waals surface area contributed by atoms with Gasteiger partial charge in [0, 0.05) is 18.2 Å². The van der Waals surface area contributed by atoms with Crippen LogP contribution in [0.2, 0.25) is 0 Å². The molecular weight excluding hydrogens is 324 g/mol. The summed E-state index contributed by atoms with van der Waals surface area (Å²) in [7, 11) is 3.23. The highest BCUT2D eigenvalue weighted by molar-refractivity contribution is 9.10. The highest BCUT2D eigenvalue weighted by Gasteiger charge is 2.17. The second-order valence-electron chi connectivity index (χ2n) is 4.76. The van der Waals surface area contributed by atoms with Gasteiger partial charge in [-0.25, -0.2) is 0 Å². The number of halogens is 1. The number of nitrogens with zero attached hydrogens (tertiary/aromatic N) is 1. The van der Waals surface area contributed by atoms with Crippen molar-refractivity contribution < 1.29 is 14.3 Å².